The van der Waals surface area contributed by atoms with Crippen molar-refractivity contribution in [2.45, 2.75) is 68.7 Å². The van der Waals surface area contributed by atoms with Crippen molar-refractivity contribution < 1.29 is 29.9 Å². The van der Waals surface area contributed by atoms with Gasteiger partial charge in [-0.15, -0.1) is 0 Å². The van der Waals surface area contributed by atoms with Crippen LogP contribution < -0.4 is 0 Å². The summed E-state index contributed by atoms with van der Waals surface area (Å²) in [6.07, 6.45) is 0.615. The molecule has 1 saturated heterocycles. The molecule has 0 aromatic heterocycles. The van der Waals surface area contributed by atoms with Crippen molar-refractivity contribution in [1.82, 2.24) is 4.90 Å². The fourth-order valence-electron chi connectivity index (χ4n) is 10.4. The molecule has 0 radical (unpaired) electrons. The van der Waals surface area contributed by atoms with Crippen LogP contribution in [0.25, 0.3) is 0 Å². The molecule has 0 aromatic carbocycles. The Balaban J connectivity index is 1.61. The van der Waals surface area contributed by atoms with Crippen LogP contribution in [-0.2, 0) is 9.47 Å². The fourth-order valence-corrected chi connectivity index (χ4v) is 10.4. The van der Waals surface area contributed by atoms with Crippen LogP contribution in [0.5, 0.6) is 0 Å². The van der Waals surface area contributed by atoms with Gasteiger partial charge >= 0.3 is 0 Å². The number of ether oxygens (including phenoxy) is 2. The Morgan fingerprint density at radius 1 is 1.10 bits per heavy atom. The van der Waals surface area contributed by atoms with Crippen LogP contribution in [-0.4, -0.2) is 95.3 Å². The predicted octanol–water partition coefficient (Wildman–Crippen LogP) is -0.152. The molecule has 6 fully saturated rings. The summed E-state index contributed by atoms with van der Waals surface area (Å²) in [5, 5.41) is 47.2. The van der Waals surface area contributed by atoms with E-state index in [1.165, 1.54) is 0 Å². The van der Waals surface area contributed by atoms with E-state index in [2.05, 4.69) is 11.8 Å². The van der Waals surface area contributed by atoms with Crippen molar-refractivity contribution in [2.24, 2.45) is 40.4 Å². The van der Waals surface area contributed by atoms with Gasteiger partial charge in [0.2, 0.25) is 0 Å². The summed E-state index contributed by atoms with van der Waals surface area (Å²) in [7, 11) is 3.38. The predicted molar refractivity (Wildman–Crippen MR) is 107 cm³/mol. The molecule has 170 valence electrons. The molecule has 4 N–H and O–H groups in total. The summed E-state index contributed by atoms with van der Waals surface area (Å²) in [5.41, 5.74) is -1.92. The number of likely N-dealkylation sites (tertiary alicyclic amines) is 1. The maximum atomic E-state index is 12.3. The average Bonchev–Trinajstić information content (AvgIpc) is 3.11. The number of aliphatic hydroxyl groups is 4. The largest absolute Gasteiger partial charge is 0.392 e. The van der Waals surface area contributed by atoms with Crippen LogP contribution in [0.15, 0.2) is 0 Å². The summed E-state index contributed by atoms with van der Waals surface area (Å²) in [5.74, 6) is -0.843. The molecular weight excluding hydrogens is 386 g/mol. The molecule has 1 spiro atoms. The van der Waals surface area contributed by atoms with E-state index in [4.69, 9.17) is 9.47 Å². The second-order valence-electron chi connectivity index (χ2n) is 11.3. The number of nitrogens with zero attached hydrogens (tertiary/aromatic N) is 1. The second kappa shape index (κ2) is 6.19. The molecule has 5 aliphatic carbocycles. The highest BCUT2D eigenvalue weighted by Gasteiger charge is 2.85. The van der Waals surface area contributed by atoms with Crippen molar-refractivity contribution in [3.63, 3.8) is 0 Å². The first-order valence-electron chi connectivity index (χ1n) is 11.8. The minimum Gasteiger partial charge on any atom is -0.392 e. The zero-order valence-electron chi connectivity index (χ0n) is 18.3. The van der Waals surface area contributed by atoms with E-state index in [0.717, 1.165) is 25.9 Å². The molecule has 0 amide bonds. The highest BCUT2D eigenvalue weighted by atomic mass is 16.5. The molecule has 13 atom stereocenters. The van der Waals surface area contributed by atoms with Crippen molar-refractivity contribution >= 4 is 0 Å². The van der Waals surface area contributed by atoms with Gasteiger partial charge in [0.25, 0.3) is 0 Å². The zero-order chi connectivity index (χ0) is 21.2. The number of hydrogen-bond donors (Lipinski definition) is 4. The van der Waals surface area contributed by atoms with Crippen LogP contribution in [0.3, 0.4) is 0 Å². The SMILES string of the molecule is CCN1C[C@]2(COC)CC[C@H](O)[C@@]34[C@@H]5C[C@H]6[C@H](O)[C@@H]5[C@](O)(C[C@@H]6OC)[C@@H]([C@H](O)[C@H]23)[C@H]14. The monoisotopic (exact) mass is 423 g/mol. The second-order valence-corrected chi connectivity index (χ2v) is 11.3. The minimum atomic E-state index is -1.18. The maximum Gasteiger partial charge on any atom is 0.0796 e. The molecule has 6 aliphatic rings. The number of piperidine rings is 1. The summed E-state index contributed by atoms with van der Waals surface area (Å²) in [4.78, 5) is 2.42. The Hall–Kier alpha value is -0.280. The number of aliphatic hydroxyl groups excluding tert-OH is 3. The van der Waals surface area contributed by atoms with Gasteiger partial charge in [0.05, 0.1) is 36.6 Å². The Labute approximate surface area is 178 Å². The van der Waals surface area contributed by atoms with E-state index in [1.54, 1.807) is 14.2 Å². The Kier molecular flexibility index (Phi) is 4.19. The third kappa shape index (κ3) is 1.91. The molecule has 1 aliphatic heterocycles. The summed E-state index contributed by atoms with van der Waals surface area (Å²) in [6, 6.07) is -0.0735. The molecule has 6 rings (SSSR count). The third-order valence-corrected chi connectivity index (χ3v) is 10.9. The Morgan fingerprint density at radius 2 is 1.87 bits per heavy atom. The fraction of sp³-hybridized carbons (Fsp3) is 1.00. The van der Waals surface area contributed by atoms with Gasteiger partial charge in [-0.3, -0.25) is 4.90 Å². The molecule has 5 saturated carbocycles. The van der Waals surface area contributed by atoms with Crippen LogP contribution in [0, 0.1) is 40.4 Å². The van der Waals surface area contributed by atoms with Gasteiger partial charge in [-0.2, -0.15) is 0 Å². The normalized spacial score (nSPS) is 63.3. The van der Waals surface area contributed by atoms with Gasteiger partial charge < -0.3 is 29.9 Å². The van der Waals surface area contributed by atoms with E-state index < -0.39 is 29.3 Å². The van der Waals surface area contributed by atoms with Gasteiger partial charge in [-0.25, -0.2) is 0 Å². The standard InChI is InChI=1S/C23H37NO6/c1-4-24-9-21(10-29-2)6-5-14(25)23-12-7-11-13(30-3)8-22(28,15(12)17(11)26)16(20(23)24)18(27)19(21)23/h11-20,25-28H,4-10H2,1-3H3/t11-,12-,13+,14+,15-,16+,17+,18+,19-,20+,21+,22-,23+/m1/s1. The highest BCUT2D eigenvalue weighted by molar-refractivity contribution is 5.35. The summed E-state index contributed by atoms with van der Waals surface area (Å²) < 4.78 is 11.5. The summed E-state index contributed by atoms with van der Waals surface area (Å²) >= 11 is 0. The number of fused-ring (bicyclic) bond motifs is 2. The van der Waals surface area contributed by atoms with E-state index in [-0.39, 0.29) is 47.2 Å². The third-order valence-electron chi connectivity index (χ3n) is 10.9. The van der Waals surface area contributed by atoms with Crippen LogP contribution >= 0.6 is 0 Å². The van der Waals surface area contributed by atoms with Gasteiger partial charge in [0.15, 0.2) is 0 Å². The Bertz CT molecular complexity index is 736. The first kappa shape index (κ1) is 20.3. The molecule has 0 aromatic rings. The number of rotatable bonds is 4. The van der Waals surface area contributed by atoms with Crippen molar-refractivity contribution in [1.29, 1.82) is 0 Å². The summed E-state index contributed by atoms with van der Waals surface area (Å²) in [6.45, 7) is 4.34. The zero-order valence-corrected chi connectivity index (χ0v) is 18.3. The van der Waals surface area contributed by atoms with Crippen molar-refractivity contribution in [3.8, 4) is 0 Å². The minimum absolute atomic E-state index is 0.0158. The molecular formula is C23H37NO6. The van der Waals surface area contributed by atoms with E-state index in [1.807, 2.05) is 0 Å². The van der Waals surface area contributed by atoms with Gasteiger partial charge in [0.1, 0.15) is 0 Å². The molecule has 7 heteroatoms. The van der Waals surface area contributed by atoms with Gasteiger partial charge in [-0.1, -0.05) is 6.92 Å². The first-order chi connectivity index (χ1) is 14.3. The lowest BCUT2D eigenvalue weighted by Gasteiger charge is -2.68. The molecule has 7 bridgehead atoms. The van der Waals surface area contributed by atoms with Gasteiger partial charge in [-0.05, 0) is 31.7 Å². The molecule has 0 unspecified atom stereocenters. The lowest BCUT2D eigenvalue weighted by atomic mass is 9.43. The highest BCUT2D eigenvalue weighted by Crippen LogP contribution is 2.78. The van der Waals surface area contributed by atoms with E-state index in [0.29, 0.717) is 19.4 Å². The van der Waals surface area contributed by atoms with Gasteiger partial charge in [0, 0.05) is 67.7 Å². The number of hydrogen-bond acceptors (Lipinski definition) is 7. The van der Waals surface area contributed by atoms with Crippen LogP contribution in [0.4, 0.5) is 0 Å². The topological polar surface area (TPSA) is 103 Å². The molecule has 7 nitrogen and oxygen atoms in total. The van der Waals surface area contributed by atoms with Crippen molar-refractivity contribution in [3.05, 3.63) is 0 Å². The lowest BCUT2D eigenvalue weighted by molar-refractivity contribution is -0.272. The average molecular weight is 424 g/mol. The quantitative estimate of drug-likeness (QED) is 0.499. The molecule has 1 heterocycles. The Morgan fingerprint density at radius 3 is 2.53 bits per heavy atom. The van der Waals surface area contributed by atoms with Crippen molar-refractivity contribution in [2.75, 3.05) is 33.9 Å². The van der Waals surface area contributed by atoms with Crippen LogP contribution in [0.2, 0.25) is 0 Å². The maximum absolute atomic E-state index is 12.3. The smallest absolute Gasteiger partial charge is 0.0796 e. The first-order valence-corrected chi connectivity index (χ1v) is 11.8. The lowest BCUT2D eigenvalue weighted by Crippen LogP contribution is -2.76. The van der Waals surface area contributed by atoms with Crippen LogP contribution in [0.1, 0.15) is 32.6 Å². The molecule has 30 heavy (non-hydrogen) atoms. The van der Waals surface area contributed by atoms with E-state index >= 15 is 0 Å². The number of methoxy groups -OCH3 is 2. The van der Waals surface area contributed by atoms with E-state index in [9.17, 15) is 20.4 Å².